The lowest BCUT2D eigenvalue weighted by Crippen LogP contribution is -1.92. The van der Waals surface area contributed by atoms with Crippen LogP contribution in [0.25, 0.3) is 20.4 Å². The second-order valence-corrected chi connectivity index (χ2v) is 6.63. The van der Waals surface area contributed by atoms with Crippen molar-refractivity contribution in [2.45, 2.75) is 18.9 Å². The van der Waals surface area contributed by atoms with Gasteiger partial charge in [-0.15, -0.1) is 23.1 Å². The van der Waals surface area contributed by atoms with Crippen molar-refractivity contribution in [2.75, 3.05) is 19.5 Å². The molecule has 0 amide bonds. The average molecular weight is 305 g/mol. The molecule has 0 saturated heterocycles. The van der Waals surface area contributed by atoms with E-state index < -0.39 is 0 Å². The van der Waals surface area contributed by atoms with Gasteiger partial charge in [-0.25, -0.2) is 15.0 Å². The van der Waals surface area contributed by atoms with Crippen molar-refractivity contribution in [1.29, 1.82) is 0 Å². The van der Waals surface area contributed by atoms with Crippen LogP contribution in [0.4, 0.5) is 0 Å². The second kappa shape index (κ2) is 5.63. The highest BCUT2D eigenvalue weighted by Crippen LogP contribution is 2.36. The van der Waals surface area contributed by atoms with Gasteiger partial charge in [0.15, 0.2) is 0 Å². The molecule has 0 unspecified atom stereocenters. The third-order valence-electron chi connectivity index (χ3n) is 3.18. The van der Waals surface area contributed by atoms with Crippen LogP contribution >= 0.6 is 23.1 Å². The molecule has 3 rings (SSSR count). The molecule has 3 aromatic rings. The summed E-state index contributed by atoms with van der Waals surface area (Å²) < 4.78 is 6.22. The van der Waals surface area contributed by atoms with Crippen LogP contribution in [-0.4, -0.2) is 34.4 Å². The zero-order chi connectivity index (χ0) is 14.1. The van der Waals surface area contributed by atoms with Gasteiger partial charge >= 0.3 is 0 Å². The molecule has 0 radical (unpaired) electrons. The first-order valence-corrected chi connectivity index (χ1v) is 8.14. The van der Waals surface area contributed by atoms with E-state index in [2.05, 4.69) is 27.9 Å². The fraction of sp³-hybridized carbons (Fsp3) is 0.357. The van der Waals surface area contributed by atoms with E-state index >= 15 is 0 Å². The molecule has 104 valence electrons. The van der Waals surface area contributed by atoms with E-state index in [0.29, 0.717) is 0 Å². The van der Waals surface area contributed by atoms with Gasteiger partial charge in [-0.3, -0.25) is 0 Å². The summed E-state index contributed by atoms with van der Waals surface area (Å²) in [6.45, 7) is 4.84. The van der Waals surface area contributed by atoms with Crippen LogP contribution in [0.2, 0.25) is 0 Å². The molecular formula is C14H15N3OS2. The quantitative estimate of drug-likeness (QED) is 0.419. The van der Waals surface area contributed by atoms with Gasteiger partial charge in [-0.1, -0.05) is 0 Å². The van der Waals surface area contributed by atoms with Gasteiger partial charge in [-0.05, 0) is 25.5 Å². The van der Waals surface area contributed by atoms with Gasteiger partial charge in [0.05, 0.1) is 16.8 Å². The average Bonchev–Trinajstić information content (AvgIpc) is 2.78. The summed E-state index contributed by atoms with van der Waals surface area (Å²) >= 11 is 3.38. The molecule has 0 atom stereocenters. The van der Waals surface area contributed by atoms with Gasteiger partial charge in [0.25, 0.3) is 0 Å². The number of fused-ring (bicyclic) bond motifs is 3. The van der Waals surface area contributed by atoms with E-state index in [9.17, 15) is 0 Å². The predicted molar refractivity (Wildman–Crippen MR) is 84.8 cm³/mol. The number of hydrogen-bond donors (Lipinski definition) is 0. The molecule has 0 saturated carbocycles. The van der Waals surface area contributed by atoms with Gasteiger partial charge < -0.3 is 4.74 Å². The Morgan fingerprint density at radius 1 is 1.30 bits per heavy atom. The molecule has 0 aliphatic carbocycles. The van der Waals surface area contributed by atoms with Crippen LogP contribution in [0.15, 0.2) is 17.4 Å². The summed E-state index contributed by atoms with van der Waals surface area (Å²) in [5, 5.41) is 2.15. The third kappa shape index (κ3) is 2.39. The number of aryl methyl sites for hydroxylation is 2. The van der Waals surface area contributed by atoms with Crippen molar-refractivity contribution < 1.29 is 4.74 Å². The number of rotatable bonds is 4. The Kier molecular flexibility index (Phi) is 3.87. The van der Waals surface area contributed by atoms with E-state index in [1.54, 1.807) is 36.5 Å². The predicted octanol–water partition coefficient (Wildman–Crippen LogP) is 3.59. The molecule has 0 bridgehead atoms. The Labute approximate surface area is 125 Å². The fourth-order valence-electron chi connectivity index (χ4n) is 1.99. The highest BCUT2D eigenvalue weighted by molar-refractivity contribution is 7.99. The normalized spacial score (nSPS) is 11.6. The maximum Gasteiger partial charge on any atom is 0.126 e. The zero-order valence-corrected chi connectivity index (χ0v) is 13.3. The number of aromatic nitrogens is 3. The summed E-state index contributed by atoms with van der Waals surface area (Å²) in [6.07, 6.45) is 1.64. The van der Waals surface area contributed by atoms with Gasteiger partial charge in [-0.2, -0.15) is 0 Å². The number of pyridine rings is 1. The maximum absolute atomic E-state index is 5.09. The van der Waals surface area contributed by atoms with Crippen molar-refractivity contribution in [3.8, 4) is 0 Å². The van der Waals surface area contributed by atoms with Crippen LogP contribution in [0, 0.1) is 13.8 Å². The first kappa shape index (κ1) is 13.7. The Morgan fingerprint density at radius 2 is 2.15 bits per heavy atom. The van der Waals surface area contributed by atoms with Crippen LogP contribution in [0.3, 0.4) is 0 Å². The van der Waals surface area contributed by atoms with Gasteiger partial charge in [0, 0.05) is 23.9 Å². The summed E-state index contributed by atoms with van der Waals surface area (Å²) in [6, 6.07) is 2.17. The number of methoxy groups -OCH3 is 1. The van der Waals surface area contributed by atoms with E-state index in [1.165, 1.54) is 5.56 Å². The van der Waals surface area contributed by atoms with Crippen molar-refractivity contribution >= 4 is 43.5 Å². The highest BCUT2D eigenvalue weighted by atomic mass is 32.2. The number of thiophene rings is 1. The minimum atomic E-state index is 0.720. The summed E-state index contributed by atoms with van der Waals surface area (Å²) in [5.41, 5.74) is 3.28. The lowest BCUT2D eigenvalue weighted by atomic mass is 10.2. The first-order chi connectivity index (χ1) is 9.70. The fourth-order valence-corrected chi connectivity index (χ4v) is 4.13. The molecule has 3 heterocycles. The Morgan fingerprint density at radius 3 is 2.95 bits per heavy atom. The molecule has 0 aromatic carbocycles. The van der Waals surface area contributed by atoms with Crippen molar-refractivity contribution in [3.05, 3.63) is 23.7 Å². The summed E-state index contributed by atoms with van der Waals surface area (Å²) in [4.78, 5) is 14.5. The van der Waals surface area contributed by atoms with Crippen LogP contribution in [0.1, 0.15) is 11.3 Å². The monoisotopic (exact) mass is 305 g/mol. The standard InChI is InChI=1S/C14H15N3OS2/c1-8-6-10-11-12(20-13(10)17-9(8)2)14(16-7-15-11)19-5-4-18-3/h6-7H,4-5H2,1-3H3. The topological polar surface area (TPSA) is 47.9 Å². The largest absolute Gasteiger partial charge is 0.384 e. The molecule has 3 aromatic heterocycles. The van der Waals surface area contributed by atoms with Gasteiger partial charge in [0.2, 0.25) is 0 Å². The molecule has 4 nitrogen and oxygen atoms in total. The number of hydrogen-bond acceptors (Lipinski definition) is 6. The Balaban J connectivity index is 2.14. The maximum atomic E-state index is 5.09. The highest BCUT2D eigenvalue weighted by Gasteiger charge is 2.13. The van der Waals surface area contributed by atoms with Gasteiger partial charge in [0.1, 0.15) is 16.2 Å². The summed E-state index contributed by atoms with van der Waals surface area (Å²) in [5.74, 6) is 0.891. The van der Waals surface area contributed by atoms with E-state index in [1.807, 2.05) is 6.92 Å². The van der Waals surface area contributed by atoms with E-state index in [0.717, 1.165) is 43.5 Å². The zero-order valence-electron chi connectivity index (χ0n) is 11.6. The Bertz CT molecular complexity index is 770. The first-order valence-electron chi connectivity index (χ1n) is 6.34. The third-order valence-corrected chi connectivity index (χ3v) is 5.36. The molecule has 0 N–H and O–H groups in total. The minimum Gasteiger partial charge on any atom is -0.384 e. The molecular weight excluding hydrogens is 290 g/mol. The van der Waals surface area contributed by atoms with E-state index in [-0.39, 0.29) is 0 Å². The van der Waals surface area contributed by atoms with E-state index in [4.69, 9.17) is 4.74 Å². The second-order valence-electron chi connectivity index (χ2n) is 4.54. The van der Waals surface area contributed by atoms with Crippen LogP contribution in [-0.2, 0) is 4.74 Å². The van der Waals surface area contributed by atoms with Crippen molar-refractivity contribution in [1.82, 2.24) is 15.0 Å². The minimum absolute atomic E-state index is 0.720. The van der Waals surface area contributed by atoms with Crippen LogP contribution < -0.4 is 0 Å². The Hall–Kier alpha value is -1.24. The molecule has 6 heteroatoms. The molecule has 0 aliphatic heterocycles. The molecule has 20 heavy (non-hydrogen) atoms. The lowest BCUT2D eigenvalue weighted by molar-refractivity contribution is 0.218. The molecule has 0 fully saturated rings. The number of nitrogens with zero attached hydrogens (tertiary/aromatic N) is 3. The number of ether oxygens (including phenoxy) is 1. The smallest absolute Gasteiger partial charge is 0.126 e. The lowest BCUT2D eigenvalue weighted by Gasteiger charge is -2.00. The summed E-state index contributed by atoms with van der Waals surface area (Å²) in [7, 11) is 1.71. The molecule has 0 spiro atoms. The van der Waals surface area contributed by atoms with Crippen molar-refractivity contribution in [3.63, 3.8) is 0 Å². The van der Waals surface area contributed by atoms with Crippen molar-refractivity contribution in [2.24, 2.45) is 0 Å². The van der Waals surface area contributed by atoms with Crippen LogP contribution in [0.5, 0.6) is 0 Å². The molecule has 0 aliphatic rings. The number of thioether (sulfide) groups is 1. The SMILES string of the molecule is COCCSc1ncnc2c1sc1nc(C)c(C)cc12.